The quantitative estimate of drug-likeness (QED) is 0.664. The van der Waals surface area contributed by atoms with E-state index < -0.39 is 15.9 Å². The first-order valence-corrected chi connectivity index (χ1v) is 10.4. The first-order valence-electron chi connectivity index (χ1n) is 8.93. The van der Waals surface area contributed by atoms with Crippen LogP contribution in [0.1, 0.15) is 15.9 Å². The molecule has 0 saturated carbocycles. The molecule has 0 unspecified atom stereocenters. The molecule has 0 fully saturated rings. The Morgan fingerprint density at radius 3 is 2.41 bits per heavy atom. The molecule has 0 aromatic heterocycles. The highest BCUT2D eigenvalue weighted by Gasteiger charge is 2.23. The maximum absolute atomic E-state index is 13.1. The average Bonchev–Trinajstić information content (AvgIpc) is 2.73. The molecule has 1 amide bonds. The molecule has 0 heterocycles. The van der Waals surface area contributed by atoms with Gasteiger partial charge in [0, 0.05) is 24.4 Å². The first-order chi connectivity index (χ1) is 13.8. The summed E-state index contributed by atoms with van der Waals surface area (Å²) in [5, 5.41) is 2.75. The van der Waals surface area contributed by atoms with Crippen molar-refractivity contribution in [1.82, 2.24) is 0 Å². The minimum Gasteiger partial charge on any atom is -0.497 e. The summed E-state index contributed by atoms with van der Waals surface area (Å²) in [5.41, 5.74) is 2.22. The molecule has 3 aromatic carbocycles. The maximum atomic E-state index is 13.1. The summed E-state index contributed by atoms with van der Waals surface area (Å²) in [7, 11) is -0.778. The smallest absolute Gasteiger partial charge is 0.264 e. The summed E-state index contributed by atoms with van der Waals surface area (Å²) >= 11 is 0. The summed E-state index contributed by atoms with van der Waals surface area (Å²) in [4.78, 5) is 12.7. The van der Waals surface area contributed by atoms with Crippen LogP contribution >= 0.6 is 0 Å². The molecule has 0 spiro atoms. The van der Waals surface area contributed by atoms with Gasteiger partial charge in [-0.2, -0.15) is 0 Å². The lowest BCUT2D eigenvalue weighted by atomic mass is 10.2. The van der Waals surface area contributed by atoms with Crippen molar-refractivity contribution in [3.63, 3.8) is 0 Å². The minimum absolute atomic E-state index is 0.0431. The van der Waals surface area contributed by atoms with E-state index in [1.54, 1.807) is 55.6 Å². The molecule has 7 heteroatoms. The molecule has 0 radical (unpaired) electrons. The van der Waals surface area contributed by atoms with Crippen molar-refractivity contribution in [3.8, 4) is 5.75 Å². The van der Waals surface area contributed by atoms with E-state index in [0.29, 0.717) is 17.1 Å². The van der Waals surface area contributed by atoms with Crippen molar-refractivity contribution in [2.45, 2.75) is 11.8 Å². The van der Waals surface area contributed by atoms with Gasteiger partial charge in [-0.15, -0.1) is 0 Å². The number of carbonyl (C=O) groups is 1. The van der Waals surface area contributed by atoms with Gasteiger partial charge in [-0.1, -0.05) is 30.3 Å². The number of rotatable bonds is 6. The molecule has 3 aromatic rings. The summed E-state index contributed by atoms with van der Waals surface area (Å²) in [6, 6.07) is 20.1. The van der Waals surface area contributed by atoms with Crippen LogP contribution in [-0.2, 0) is 10.0 Å². The van der Waals surface area contributed by atoms with Crippen molar-refractivity contribution < 1.29 is 17.9 Å². The Morgan fingerprint density at radius 2 is 1.69 bits per heavy atom. The number of nitrogens with one attached hydrogen (secondary N) is 1. The highest BCUT2D eigenvalue weighted by Crippen LogP contribution is 2.26. The highest BCUT2D eigenvalue weighted by molar-refractivity contribution is 7.92. The lowest BCUT2D eigenvalue weighted by Crippen LogP contribution is -2.27. The van der Waals surface area contributed by atoms with Crippen molar-refractivity contribution in [2.75, 3.05) is 23.8 Å². The SMILES string of the molecule is COc1cccc(NC(=O)c2cccc(S(=O)(=O)N(C)c3ccccc3C)c2)c1. The molecule has 0 aliphatic heterocycles. The van der Waals surface area contributed by atoms with E-state index in [1.165, 1.54) is 23.5 Å². The molecule has 1 N–H and O–H groups in total. The second kappa shape index (κ2) is 8.36. The van der Waals surface area contributed by atoms with Crippen LogP contribution in [0.4, 0.5) is 11.4 Å². The number of para-hydroxylation sites is 1. The fraction of sp³-hybridized carbons (Fsp3) is 0.136. The summed E-state index contributed by atoms with van der Waals surface area (Å²) in [6.45, 7) is 1.85. The molecule has 0 aliphatic carbocycles. The zero-order valence-electron chi connectivity index (χ0n) is 16.4. The third-order valence-electron chi connectivity index (χ3n) is 4.54. The molecule has 150 valence electrons. The fourth-order valence-electron chi connectivity index (χ4n) is 2.91. The number of benzene rings is 3. The van der Waals surface area contributed by atoms with Gasteiger partial charge in [0.05, 0.1) is 17.7 Å². The zero-order chi connectivity index (χ0) is 21.0. The fourth-order valence-corrected chi connectivity index (χ4v) is 4.21. The van der Waals surface area contributed by atoms with E-state index in [9.17, 15) is 13.2 Å². The van der Waals surface area contributed by atoms with Crippen molar-refractivity contribution >= 4 is 27.3 Å². The molecular formula is C22H22N2O4S. The van der Waals surface area contributed by atoms with Crippen LogP contribution in [0.2, 0.25) is 0 Å². The molecule has 0 bridgehead atoms. The van der Waals surface area contributed by atoms with Gasteiger partial charge in [0.15, 0.2) is 0 Å². The Balaban J connectivity index is 1.88. The summed E-state index contributed by atoms with van der Waals surface area (Å²) in [5.74, 6) is 0.202. The van der Waals surface area contributed by atoms with Crippen LogP contribution in [0, 0.1) is 6.92 Å². The number of amides is 1. The second-order valence-corrected chi connectivity index (χ2v) is 8.44. The molecule has 3 rings (SSSR count). The van der Waals surface area contributed by atoms with Gasteiger partial charge in [0.2, 0.25) is 0 Å². The zero-order valence-corrected chi connectivity index (χ0v) is 17.2. The van der Waals surface area contributed by atoms with Crippen LogP contribution in [0.5, 0.6) is 5.75 Å². The van der Waals surface area contributed by atoms with Gasteiger partial charge in [-0.05, 0) is 48.9 Å². The maximum Gasteiger partial charge on any atom is 0.264 e. The standard InChI is InChI=1S/C22H22N2O4S/c1-16-8-4-5-13-21(16)24(2)29(26,27)20-12-6-9-17(14-20)22(25)23-18-10-7-11-19(15-18)28-3/h4-15H,1-3H3,(H,23,25). The number of ether oxygens (including phenoxy) is 1. The van der Waals surface area contributed by atoms with Gasteiger partial charge < -0.3 is 10.1 Å². The van der Waals surface area contributed by atoms with Crippen LogP contribution in [0.15, 0.2) is 77.7 Å². The third-order valence-corrected chi connectivity index (χ3v) is 6.30. The monoisotopic (exact) mass is 410 g/mol. The van der Waals surface area contributed by atoms with Gasteiger partial charge in [0.25, 0.3) is 15.9 Å². The summed E-state index contributed by atoms with van der Waals surface area (Å²) in [6.07, 6.45) is 0. The van der Waals surface area contributed by atoms with Crippen molar-refractivity contribution in [1.29, 1.82) is 0 Å². The molecule has 0 aliphatic rings. The number of anilines is 2. The van der Waals surface area contributed by atoms with E-state index in [-0.39, 0.29) is 10.5 Å². The largest absolute Gasteiger partial charge is 0.497 e. The predicted molar refractivity (Wildman–Crippen MR) is 114 cm³/mol. The molecule has 29 heavy (non-hydrogen) atoms. The van der Waals surface area contributed by atoms with Crippen LogP contribution in [0.25, 0.3) is 0 Å². The Morgan fingerprint density at radius 1 is 0.966 bits per heavy atom. The Kier molecular flexibility index (Phi) is 5.89. The van der Waals surface area contributed by atoms with Gasteiger partial charge in [0.1, 0.15) is 5.75 Å². The number of hydrogen-bond donors (Lipinski definition) is 1. The number of aryl methyl sites for hydroxylation is 1. The number of nitrogens with zero attached hydrogens (tertiary/aromatic N) is 1. The number of methoxy groups -OCH3 is 1. The Bertz CT molecular complexity index is 1140. The summed E-state index contributed by atoms with van der Waals surface area (Å²) < 4.78 is 32.5. The Hall–Kier alpha value is -3.32. The van der Waals surface area contributed by atoms with Gasteiger partial charge >= 0.3 is 0 Å². The second-order valence-electron chi connectivity index (χ2n) is 6.47. The van der Waals surface area contributed by atoms with E-state index in [2.05, 4.69) is 5.32 Å². The normalized spacial score (nSPS) is 11.0. The highest BCUT2D eigenvalue weighted by atomic mass is 32.2. The van der Waals surface area contributed by atoms with Gasteiger partial charge in [-0.25, -0.2) is 8.42 Å². The van der Waals surface area contributed by atoms with Gasteiger partial charge in [-0.3, -0.25) is 9.10 Å². The Labute approximate surface area is 170 Å². The number of hydrogen-bond acceptors (Lipinski definition) is 4. The minimum atomic E-state index is -3.82. The molecule has 0 atom stereocenters. The number of sulfonamides is 1. The average molecular weight is 410 g/mol. The van der Waals surface area contributed by atoms with Crippen LogP contribution < -0.4 is 14.4 Å². The van der Waals surface area contributed by atoms with E-state index >= 15 is 0 Å². The van der Waals surface area contributed by atoms with E-state index in [0.717, 1.165) is 5.56 Å². The first kappa shape index (κ1) is 20.4. The molecular weight excluding hydrogens is 388 g/mol. The lowest BCUT2D eigenvalue weighted by Gasteiger charge is -2.21. The van der Waals surface area contributed by atoms with Crippen LogP contribution in [-0.4, -0.2) is 28.5 Å². The van der Waals surface area contributed by atoms with Crippen molar-refractivity contribution in [3.05, 3.63) is 83.9 Å². The molecule has 0 saturated heterocycles. The predicted octanol–water partition coefficient (Wildman–Crippen LogP) is 4.08. The van der Waals surface area contributed by atoms with Crippen LogP contribution in [0.3, 0.4) is 0 Å². The lowest BCUT2D eigenvalue weighted by molar-refractivity contribution is 0.102. The topological polar surface area (TPSA) is 75.7 Å². The van der Waals surface area contributed by atoms with E-state index in [4.69, 9.17) is 4.74 Å². The van der Waals surface area contributed by atoms with Crippen molar-refractivity contribution in [2.24, 2.45) is 0 Å². The number of carbonyl (C=O) groups excluding carboxylic acids is 1. The van der Waals surface area contributed by atoms with E-state index in [1.807, 2.05) is 19.1 Å². The molecule has 6 nitrogen and oxygen atoms in total. The third kappa shape index (κ3) is 4.41.